The first kappa shape index (κ1) is 9.32. The Labute approximate surface area is 85.1 Å². The number of aromatic nitrogens is 1. The molecule has 0 spiro atoms. The maximum atomic E-state index is 3.43. The van der Waals surface area contributed by atoms with E-state index in [9.17, 15) is 0 Å². The zero-order valence-corrected chi connectivity index (χ0v) is 9.09. The normalized spacial score (nSPS) is 11.4. The standard InChI is InChI=1S/C13H17N/c1-9(2)8-12-10(3)14-13-7-5-4-6-11(12)13/h4-7,9,14H,8H2,1-3H3. The van der Waals surface area contributed by atoms with Crippen LogP contribution in [0.15, 0.2) is 24.3 Å². The van der Waals surface area contributed by atoms with Gasteiger partial charge >= 0.3 is 0 Å². The van der Waals surface area contributed by atoms with Gasteiger partial charge in [0.25, 0.3) is 0 Å². The quantitative estimate of drug-likeness (QED) is 0.738. The molecule has 1 heteroatoms. The molecule has 0 amide bonds. The Bertz CT molecular complexity index is 437. The summed E-state index contributed by atoms with van der Waals surface area (Å²) < 4.78 is 0. The van der Waals surface area contributed by atoms with Crippen molar-refractivity contribution in [1.82, 2.24) is 4.98 Å². The fourth-order valence-corrected chi connectivity index (χ4v) is 2.01. The number of aryl methyl sites for hydroxylation is 1. The van der Waals surface area contributed by atoms with Crippen molar-refractivity contribution >= 4 is 10.9 Å². The van der Waals surface area contributed by atoms with Crippen molar-refractivity contribution < 1.29 is 0 Å². The first-order chi connectivity index (χ1) is 6.68. The van der Waals surface area contributed by atoms with E-state index in [1.807, 2.05) is 0 Å². The molecule has 0 unspecified atom stereocenters. The molecule has 1 nitrogen and oxygen atoms in total. The molecule has 1 aromatic heterocycles. The molecule has 2 rings (SSSR count). The molecular weight excluding hydrogens is 170 g/mol. The van der Waals surface area contributed by atoms with E-state index < -0.39 is 0 Å². The van der Waals surface area contributed by atoms with E-state index in [4.69, 9.17) is 0 Å². The van der Waals surface area contributed by atoms with Gasteiger partial charge in [0, 0.05) is 16.6 Å². The van der Waals surface area contributed by atoms with Crippen LogP contribution in [-0.2, 0) is 6.42 Å². The number of H-pyrrole nitrogens is 1. The molecular formula is C13H17N. The third-order valence-corrected chi connectivity index (χ3v) is 2.64. The zero-order valence-electron chi connectivity index (χ0n) is 9.09. The zero-order chi connectivity index (χ0) is 10.1. The molecule has 0 aliphatic heterocycles. The van der Waals surface area contributed by atoms with Crippen LogP contribution in [0.3, 0.4) is 0 Å². The average molecular weight is 187 g/mol. The molecule has 0 bridgehead atoms. The number of rotatable bonds is 2. The molecule has 1 heterocycles. The van der Waals surface area contributed by atoms with E-state index in [1.54, 1.807) is 0 Å². The lowest BCUT2D eigenvalue weighted by Gasteiger charge is -2.04. The Balaban J connectivity index is 2.56. The van der Waals surface area contributed by atoms with Crippen molar-refractivity contribution in [2.24, 2.45) is 5.92 Å². The van der Waals surface area contributed by atoms with Crippen LogP contribution < -0.4 is 0 Å². The van der Waals surface area contributed by atoms with Crippen LogP contribution in [-0.4, -0.2) is 4.98 Å². The summed E-state index contributed by atoms with van der Waals surface area (Å²) in [4.78, 5) is 3.43. The minimum Gasteiger partial charge on any atom is -0.358 e. The summed E-state index contributed by atoms with van der Waals surface area (Å²) in [6, 6.07) is 8.54. The van der Waals surface area contributed by atoms with Gasteiger partial charge < -0.3 is 4.98 Å². The summed E-state index contributed by atoms with van der Waals surface area (Å²) in [5, 5.41) is 1.39. The summed E-state index contributed by atoms with van der Waals surface area (Å²) >= 11 is 0. The minimum absolute atomic E-state index is 0.716. The highest BCUT2D eigenvalue weighted by Crippen LogP contribution is 2.24. The van der Waals surface area contributed by atoms with Gasteiger partial charge in [-0.05, 0) is 30.9 Å². The van der Waals surface area contributed by atoms with E-state index in [0.29, 0.717) is 5.92 Å². The van der Waals surface area contributed by atoms with Crippen molar-refractivity contribution in [3.05, 3.63) is 35.5 Å². The first-order valence-corrected chi connectivity index (χ1v) is 5.24. The molecule has 0 saturated heterocycles. The monoisotopic (exact) mass is 187 g/mol. The maximum absolute atomic E-state index is 3.43. The Morgan fingerprint density at radius 3 is 2.64 bits per heavy atom. The van der Waals surface area contributed by atoms with Crippen molar-refractivity contribution in [3.63, 3.8) is 0 Å². The van der Waals surface area contributed by atoms with Crippen molar-refractivity contribution in [1.29, 1.82) is 0 Å². The Morgan fingerprint density at radius 2 is 1.93 bits per heavy atom. The Morgan fingerprint density at radius 1 is 1.21 bits per heavy atom. The maximum Gasteiger partial charge on any atom is 0.0458 e. The SMILES string of the molecule is Cc1[nH]c2ccccc2c1CC(C)C. The summed E-state index contributed by atoms with van der Waals surface area (Å²) in [7, 11) is 0. The molecule has 0 fully saturated rings. The number of para-hydroxylation sites is 1. The number of nitrogens with one attached hydrogen (secondary N) is 1. The highest BCUT2D eigenvalue weighted by atomic mass is 14.7. The Kier molecular flexibility index (Phi) is 2.32. The number of benzene rings is 1. The van der Waals surface area contributed by atoms with E-state index >= 15 is 0 Å². The largest absolute Gasteiger partial charge is 0.358 e. The first-order valence-electron chi connectivity index (χ1n) is 5.24. The summed E-state index contributed by atoms with van der Waals surface area (Å²) in [6.07, 6.45) is 1.16. The lowest BCUT2D eigenvalue weighted by molar-refractivity contribution is 0.647. The molecule has 0 aliphatic carbocycles. The van der Waals surface area contributed by atoms with Gasteiger partial charge in [0.2, 0.25) is 0 Å². The lowest BCUT2D eigenvalue weighted by atomic mass is 10.0. The summed E-state index contributed by atoms with van der Waals surface area (Å²) in [5.41, 5.74) is 4.07. The van der Waals surface area contributed by atoms with E-state index in [0.717, 1.165) is 6.42 Å². The lowest BCUT2D eigenvalue weighted by Crippen LogP contribution is -1.94. The van der Waals surface area contributed by atoms with Gasteiger partial charge in [-0.3, -0.25) is 0 Å². The van der Waals surface area contributed by atoms with Gasteiger partial charge in [0.1, 0.15) is 0 Å². The van der Waals surface area contributed by atoms with Crippen molar-refractivity contribution in [2.45, 2.75) is 27.2 Å². The highest BCUT2D eigenvalue weighted by Gasteiger charge is 2.08. The van der Waals surface area contributed by atoms with E-state index in [-0.39, 0.29) is 0 Å². The molecule has 0 radical (unpaired) electrons. The van der Waals surface area contributed by atoms with E-state index in [2.05, 4.69) is 50.0 Å². The minimum atomic E-state index is 0.716. The third kappa shape index (κ3) is 1.54. The second-order valence-corrected chi connectivity index (χ2v) is 4.37. The summed E-state index contributed by atoms with van der Waals surface area (Å²) in [6.45, 7) is 6.69. The van der Waals surface area contributed by atoms with E-state index in [1.165, 1.54) is 22.2 Å². The molecule has 14 heavy (non-hydrogen) atoms. The number of aromatic amines is 1. The Hall–Kier alpha value is -1.24. The van der Waals surface area contributed by atoms with Gasteiger partial charge in [-0.2, -0.15) is 0 Å². The number of hydrogen-bond donors (Lipinski definition) is 1. The van der Waals surface area contributed by atoms with Gasteiger partial charge in [-0.15, -0.1) is 0 Å². The molecule has 2 aromatic rings. The predicted octanol–water partition coefficient (Wildman–Crippen LogP) is 3.67. The predicted molar refractivity (Wildman–Crippen MR) is 61.6 cm³/mol. The molecule has 0 atom stereocenters. The second kappa shape index (κ2) is 3.49. The van der Waals surface area contributed by atoms with Crippen LogP contribution in [0.4, 0.5) is 0 Å². The molecule has 1 N–H and O–H groups in total. The van der Waals surface area contributed by atoms with Crippen LogP contribution in [0.2, 0.25) is 0 Å². The van der Waals surface area contributed by atoms with Crippen LogP contribution in [0.5, 0.6) is 0 Å². The average Bonchev–Trinajstić information content (AvgIpc) is 2.43. The fourth-order valence-electron chi connectivity index (χ4n) is 2.01. The molecule has 1 aromatic carbocycles. The third-order valence-electron chi connectivity index (χ3n) is 2.64. The molecule has 0 aliphatic rings. The van der Waals surface area contributed by atoms with Gasteiger partial charge in [-0.1, -0.05) is 32.0 Å². The number of hydrogen-bond acceptors (Lipinski definition) is 0. The van der Waals surface area contributed by atoms with Gasteiger partial charge in [0.15, 0.2) is 0 Å². The van der Waals surface area contributed by atoms with Crippen LogP contribution >= 0.6 is 0 Å². The van der Waals surface area contributed by atoms with Gasteiger partial charge in [0.05, 0.1) is 0 Å². The van der Waals surface area contributed by atoms with Crippen molar-refractivity contribution in [2.75, 3.05) is 0 Å². The summed E-state index contributed by atoms with van der Waals surface area (Å²) in [5.74, 6) is 0.716. The molecule has 74 valence electrons. The van der Waals surface area contributed by atoms with Crippen LogP contribution in [0, 0.1) is 12.8 Å². The smallest absolute Gasteiger partial charge is 0.0458 e. The van der Waals surface area contributed by atoms with Crippen LogP contribution in [0.25, 0.3) is 10.9 Å². The highest BCUT2D eigenvalue weighted by molar-refractivity contribution is 5.84. The fraction of sp³-hybridized carbons (Fsp3) is 0.385. The van der Waals surface area contributed by atoms with Gasteiger partial charge in [-0.25, -0.2) is 0 Å². The topological polar surface area (TPSA) is 15.8 Å². The molecule has 0 saturated carbocycles. The number of fused-ring (bicyclic) bond motifs is 1. The van der Waals surface area contributed by atoms with Crippen LogP contribution in [0.1, 0.15) is 25.1 Å². The second-order valence-electron chi connectivity index (χ2n) is 4.37. The van der Waals surface area contributed by atoms with Crippen molar-refractivity contribution in [3.8, 4) is 0 Å².